The molecular formula is C23H25ClN6O3. The Kier molecular flexibility index (Phi) is 5.57. The maximum Gasteiger partial charge on any atom is 0.404 e. The van der Waals surface area contributed by atoms with E-state index in [1.165, 1.54) is 6.20 Å². The number of primary amides is 1. The summed E-state index contributed by atoms with van der Waals surface area (Å²) in [6.45, 7) is 0. The van der Waals surface area contributed by atoms with Gasteiger partial charge in [-0.05, 0) is 37.0 Å². The van der Waals surface area contributed by atoms with E-state index < -0.39 is 6.09 Å². The first kappa shape index (κ1) is 21.5. The lowest BCUT2D eigenvalue weighted by Gasteiger charge is -2.28. The number of halogens is 1. The summed E-state index contributed by atoms with van der Waals surface area (Å²) in [6.07, 6.45) is 7.66. The van der Waals surface area contributed by atoms with E-state index in [2.05, 4.69) is 32.8 Å². The number of carbonyl (C=O) groups excluding carboxylic acids is 2. The van der Waals surface area contributed by atoms with Gasteiger partial charge < -0.3 is 26.0 Å². The first-order chi connectivity index (χ1) is 15.9. The minimum Gasteiger partial charge on any atom is -0.444 e. The number of nitrogens with zero attached hydrogens (tertiary/aromatic N) is 3. The zero-order chi connectivity index (χ0) is 23.1. The zero-order valence-electron chi connectivity index (χ0n) is 18.1. The molecule has 1 aromatic heterocycles. The number of fused-ring (bicyclic) bond motifs is 3. The minimum atomic E-state index is -0.796. The van der Waals surface area contributed by atoms with E-state index in [0.29, 0.717) is 23.2 Å². The normalized spacial score (nSPS) is 25.5. The molecule has 4 atom stereocenters. The summed E-state index contributed by atoms with van der Waals surface area (Å²) >= 11 is 6.37. The third-order valence-electron chi connectivity index (χ3n) is 6.60. The molecule has 33 heavy (non-hydrogen) atoms. The Morgan fingerprint density at radius 1 is 1.27 bits per heavy atom. The van der Waals surface area contributed by atoms with Crippen LogP contribution in [-0.2, 0) is 16.0 Å². The molecule has 10 heteroatoms. The molecule has 0 spiro atoms. The van der Waals surface area contributed by atoms with Gasteiger partial charge in [-0.15, -0.1) is 0 Å². The highest BCUT2D eigenvalue weighted by Gasteiger charge is 2.47. The molecule has 5 rings (SSSR count). The molecule has 0 saturated heterocycles. The molecule has 2 amide bonds. The van der Waals surface area contributed by atoms with E-state index in [1.54, 1.807) is 11.9 Å². The summed E-state index contributed by atoms with van der Waals surface area (Å²) in [6, 6.07) is 5.72. The highest BCUT2D eigenvalue weighted by Crippen LogP contribution is 2.43. The molecule has 1 saturated carbocycles. The Hall–Kier alpha value is -3.33. The van der Waals surface area contributed by atoms with Crippen molar-refractivity contribution in [2.45, 2.75) is 37.8 Å². The molecule has 2 aliphatic carbocycles. The largest absolute Gasteiger partial charge is 0.444 e. The molecule has 4 unspecified atom stereocenters. The van der Waals surface area contributed by atoms with Crippen molar-refractivity contribution in [3.8, 4) is 0 Å². The van der Waals surface area contributed by atoms with Gasteiger partial charge in [-0.2, -0.15) is 4.98 Å². The molecule has 0 radical (unpaired) electrons. The number of rotatable bonds is 5. The van der Waals surface area contributed by atoms with Gasteiger partial charge in [0, 0.05) is 36.7 Å². The summed E-state index contributed by atoms with van der Waals surface area (Å²) < 4.78 is 5.37. The molecule has 2 bridgehead atoms. The second-order valence-electron chi connectivity index (χ2n) is 8.68. The van der Waals surface area contributed by atoms with Crippen molar-refractivity contribution in [1.29, 1.82) is 0 Å². The van der Waals surface area contributed by atoms with Crippen LogP contribution in [0.1, 0.15) is 24.8 Å². The molecule has 4 N–H and O–H groups in total. The lowest BCUT2D eigenvalue weighted by Crippen LogP contribution is -2.41. The highest BCUT2D eigenvalue weighted by atomic mass is 35.5. The van der Waals surface area contributed by atoms with Crippen molar-refractivity contribution in [3.63, 3.8) is 0 Å². The van der Waals surface area contributed by atoms with Crippen molar-refractivity contribution in [2.75, 3.05) is 22.6 Å². The Bertz CT molecular complexity index is 1140. The predicted octanol–water partition coefficient (Wildman–Crippen LogP) is 3.62. The highest BCUT2D eigenvalue weighted by molar-refractivity contribution is 6.32. The Balaban J connectivity index is 1.37. The SMILES string of the molecule is CN1C(=O)CCCc2ccc(Nc3ncc(Cl)c(NC4C5C=CC(C5)C4OC(N)=O)n3)cc21. The standard InChI is InChI=1S/C23H25ClN6O3/c1-30-17-10-15(8-7-12(17)3-2-4-18(30)31)27-23-26-11-16(24)21(29-23)28-19-13-5-6-14(9-13)20(19)33-22(25)32/h5-8,10-11,13-14,19-20H,2-4,9H2,1H3,(H2,25,32)(H2,26,27,28,29). The minimum absolute atomic E-state index is 0.104. The molecular weight excluding hydrogens is 444 g/mol. The van der Waals surface area contributed by atoms with E-state index in [9.17, 15) is 9.59 Å². The fourth-order valence-corrected chi connectivity index (χ4v) is 5.12. The molecule has 3 aliphatic rings. The molecule has 1 aliphatic heterocycles. The first-order valence-electron chi connectivity index (χ1n) is 11.0. The average molecular weight is 469 g/mol. The summed E-state index contributed by atoms with van der Waals surface area (Å²) in [5, 5.41) is 6.89. The van der Waals surface area contributed by atoms with Crippen LogP contribution in [0, 0.1) is 11.8 Å². The molecule has 1 fully saturated rings. The van der Waals surface area contributed by atoms with E-state index in [-0.39, 0.29) is 29.9 Å². The molecule has 9 nitrogen and oxygen atoms in total. The van der Waals surface area contributed by atoms with Gasteiger partial charge >= 0.3 is 6.09 Å². The van der Waals surface area contributed by atoms with Crippen molar-refractivity contribution < 1.29 is 14.3 Å². The topological polar surface area (TPSA) is 122 Å². The van der Waals surface area contributed by atoms with Crippen LogP contribution in [0.3, 0.4) is 0 Å². The number of nitrogens with two attached hydrogens (primary N) is 1. The predicted molar refractivity (Wildman–Crippen MR) is 126 cm³/mol. The summed E-state index contributed by atoms with van der Waals surface area (Å²) in [4.78, 5) is 34.2. The Labute approximate surface area is 196 Å². The van der Waals surface area contributed by atoms with Crippen LogP contribution >= 0.6 is 11.6 Å². The van der Waals surface area contributed by atoms with Gasteiger partial charge in [0.15, 0.2) is 5.82 Å². The quantitative estimate of drug-likeness (QED) is 0.572. The number of anilines is 4. The molecule has 2 heterocycles. The van der Waals surface area contributed by atoms with E-state index in [0.717, 1.165) is 36.2 Å². The van der Waals surface area contributed by atoms with Crippen molar-refractivity contribution in [2.24, 2.45) is 17.6 Å². The van der Waals surface area contributed by atoms with Crippen molar-refractivity contribution in [1.82, 2.24) is 9.97 Å². The van der Waals surface area contributed by atoms with Gasteiger partial charge in [-0.1, -0.05) is 29.8 Å². The number of nitrogens with one attached hydrogen (secondary N) is 2. The number of carbonyl (C=O) groups is 2. The van der Waals surface area contributed by atoms with Crippen LogP contribution in [0.15, 0.2) is 36.5 Å². The first-order valence-corrected chi connectivity index (χ1v) is 11.4. The van der Waals surface area contributed by atoms with Crippen LogP contribution in [0.5, 0.6) is 0 Å². The van der Waals surface area contributed by atoms with Gasteiger partial charge in [0.05, 0.1) is 12.2 Å². The summed E-state index contributed by atoms with van der Waals surface area (Å²) in [5.74, 6) is 1.22. The smallest absolute Gasteiger partial charge is 0.404 e. The van der Waals surface area contributed by atoms with Crippen LogP contribution in [0.4, 0.5) is 27.9 Å². The Morgan fingerprint density at radius 2 is 2.09 bits per heavy atom. The lowest BCUT2D eigenvalue weighted by atomic mass is 9.98. The van der Waals surface area contributed by atoms with E-state index in [4.69, 9.17) is 22.1 Å². The van der Waals surface area contributed by atoms with Crippen LogP contribution in [-0.4, -0.2) is 41.2 Å². The van der Waals surface area contributed by atoms with Crippen molar-refractivity contribution >= 4 is 46.7 Å². The van der Waals surface area contributed by atoms with E-state index >= 15 is 0 Å². The summed E-state index contributed by atoms with van der Waals surface area (Å²) in [5.41, 5.74) is 8.06. The van der Waals surface area contributed by atoms with Gasteiger partial charge in [0.25, 0.3) is 0 Å². The third-order valence-corrected chi connectivity index (χ3v) is 6.88. The van der Waals surface area contributed by atoms with Crippen molar-refractivity contribution in [3.05, 3.63) is 47.1 Å². The van der Waals surface area contributed by atoms with E-state index in [1.807, 2.05) is 18.2 Å². The van der Waals surface area contributed by atoms with Gasteiger partial charge in [-0.3, -0.25) is 4.79 Å². The number of benzene rings is 1. The summed E-state index contributed by atoms with van der Waals surface area (Å²) in [7, 11) is 1.80. The maximum atomic E-state index is 12.3. The Morgan fingerprint density at radius 3 is 2.91 bits per heavy atom. The second-order valence-corrected chi connectivity index (χ2v) is 9.09. The fourth-order valence-electron chi connectivity index (χ4n) is 4.97. The van der Waals surface area contributed by atoms with Crippen LogP contribution < -0.4 is 21.3 Å². The number of aromatic nitrogens is 2. The molecule has 2 aromatic rings. The molecule has 1 aromatic carbocycles. The number of amides is 2. The fraction of sp³-hybridized carbons (Fsp3) is 0.391. The second kappa shape index (κ2) is 8.55. The average Bonchev–Trinajstić information content (AvgIpc) is 3.35. The van der Waals surface area contributed by atoms with Gasteiger partial charge in [0.1, 0.15) is 11.1 Å². The van der Waals surface area contributed by atoms with Gasteiger partial charge in [0.2, 0.25) is 11.9 Å². The monoisotopic (exact) mass is 468 g/mol. The number of hydrogen-bond donors (Lipinski definition) is 3. The lowest BCUT2D eigenvalue weighted by molar-refractivity contribution is -0.118. The molecule has 172 valence electrons. The van der Waals surface area contributed by atoms with Crippen LogP contribution in [0.2, 0.25) is 5.02 Å². The zero-order valence-corrected chi connectivity index (χ0v) is 18.9. The van der Waals surface area contributed by atoms with Crippen LogP contribution in [0.25, 0.3) is 0 Å². The maximum absolute atomic E-state index is 12.3. The number of ether oxygens (including phenoxy) is 1. The number of hydrogen-bond acceptors (Lipinski definition) is 7. The number of aryl methyl sites for hydroxylation is 1. The van der Waals surface area contributed by atoms with Gasteiger partial charge in [-0.25, -0.2) is 9.78 Å². The third kappa shape index (κ3) is 4.20.